The molecule has 39 heavy (non-hydrogen) atoms. The zero-order valence-electron chi connectivity index (χ0n) is 20.7. The minimum absolute atomic E-state index is 0. The standard InChI is InChI=1S/C24H26N6O6.3ClH/c25-22(31)18-4-1-7-28(10-18)15-34-13-21(36-17-30-9-3-6-20(12-30)24(27)33)14-35-16-29-8-2-5-19(11-29)23(26)32;;;/h1-12,21H,13-17H2,(H3-3,25,26,27,31,32,33);3*1H. The van der Waals surface area contributed by atoms with Gasteiger partial charge in [0.1, 0.15) is 22.8 Å². The number of ether oxygens (including phenoxy) is 3. The summed E-state index contributed by atoms with van der Waals surface area (Å²) >= 11 is 0. The van der Waals surface area contributed by atoms with Crippen LogP contribution in [0.2, 0.25) is 0 Å². The van der Waals surface area contributed by atoms with Gasteiger partial charge in [0.25, 0.3) is 37.9 Å². The lowest BCUT2D eigenvalue weighted by Gasteiger charge is -2.15. The van der Waals surface area contributed by atoms with Crippen LogP contribution in [0.3, 0.4) is 0 Å². The van der Waals surface area contributed by atoms with Crippen molar-refractivity contribution in [1.82, 2.24) is 0 Å². The molecule has 0 spiro atoms. The van der Waals surface area contributed by atoms with Crippen molar-refractivity contribution in [3.8, 4) is 0 Å². The second-order valence-corrected chi connectivity index (χ2v) is 7.83. The first-order chi connectivity index (χ1) is 17.3. The Morgan fingerprint density at radius 2 is 0.949 bits per heavy atom. The predicted octanol–water partition coefficient (Wildman–Crippen LogP) is -10.5. The van der Waals surface area contributed by atoms with Crippen LogP contribution >= 0.6 is 0 Å². The molecule has 0 saturated carbocycles. The minimum atomic E-state index is -0.544. The molecule has 3 rings (SSSR count). The second-order valence-electron chi connectivity index (χ2n) is 7.83. The number of hydrogen-bond donors (Lipinski definition) is 3. The molecule has 0 aromatic carbocycles. The summed E-state index contributed by atoms with van der Waals surface area (Å²) < 4.78 is 22.5. The number of amides is 3. The van der Waals surface area contributed by atoms with E-state index in [2.05, 4.69) is 0 Å². The van der Waals surface area contributed by atoms with Crippen LogP contribution in [0.15, 0.2) is 73.6 Å². The number of nitrogens with two attached hydrogens (primary N) is 3. The van der Waals surface area contributed by atoms with E-state index in [9.17, 15) is 14.4 Å². The Balaban J connectivity index is 0.00000481. The maximum absolute atomic E-state index is 11.4. The molecular weight excluding hydrogens is 575 g/mol. The molecule has 0 atom stereocenters. The molecule has 0 aliphatic rings. The summed E-state index contributed by atoms with van der Waals surface area (Å²) in [6.45, 7) is 0.750. The van der Waals surface area contributed by atoms with Crippen molar-refractivity contribution in [3.05, 3.63) is 90.3 Å². The first kappa shape index (κ1) is 35.6. The van der Waals surface area contributed by atoms with Crippen molar-refractivity contribution < 1.29 is 79.5 Å². The van der Waals surface area contributed by atoms with Gasteiger partial charge in [-0.25, -0.2) is 0 Å². The van der Waals surface area contributed by atoms with Crippen LogP contribution in [-0.2, 0) is 34.4 Å². The Hall–Kier alpha value is -3.39. The van der Waals surface area contributed by atoms with Crippen molar-refractivity contribution in [2.24, 2.45) is 17.2 Å². The lowest BCUT2D eigenvalue weighted by atomic mass is 10.3. The van der Waals surface area contributed by atoms with Gasteiger partial charge in [-0.2, -0.15) is 13.7 Å². The average Bonchev–Trinajstić information content (AvgIpc) is 2.87. The Kier molecular flexibility index (Phi) is 16.4. The summed E-state index contributed by atoms with van der Waals surface area (Å²) in [6.07, 6.45) is 9.48. The van der Waals surface area contributed by atoms with Gasteiger partial charge in [0.2, 0.25) is 0 Å². The zero-order chi connectivity index (χ0) is 25.9. The fourth-order valence-corrected chi connectivity index (χ4v) is 3.16. The van der Waals surface area contributed by atoms with E-state index >= 15 is 0 Å². The van der Waals surface area contributed by atoms with E-state index in [1.807, 2.05) is 0 Å². The summed E-state index contributed by atoms with van der Waals surface area (Å²) in [5.74, 6) is -1.61. The number of carbonyl (C=O) groups excluding carboxylic acids is 3. The van der Waals surface area contributed by atoms with Crippen LogP contribution in [0, 0.1) is 0 Å². The van der Waals surface area contributed by atoms with Crippen molar-refractivity contribution in [1.29, 1.82) is 0 Å². The van der Waals surface area contributed by atoms with E-state index in [1.165, 1.54) is 0 Å². The molecule has 212 valence electrons. The lowest BCUT2D eigenvalue weighted by molar-refractivity contribution is -0.742. The molecule has 3 heterocycles. The van der Waals surface area contributed by atoms with Crippen molar-refractivity contribution in [2.45, 2.75) is 26.3 Å². The quantitative estimate of drug-likeness (QED) is 0.155. The first-order valence-electron chi connectivity index (χ1n) is 11.0. The molecule has 15 heteroatoms. The summed E-state index contributed by atoms with van der Waals surface area (Å²) in [5.41, 5.74) is 17.1. The molecule has 12 nitrogen and oxygen atoms in total. The second kappa shape index (κ2) is 18.0. The van der Waals surface area contributed by atoms with Gasteiger partial charge >= 0.3 is 0 Å². The van der Waals surface area contributed by atoms with Crippen molar-refractivity contribution >= 4 is 17.7 Å². The van der Waals surface area contributed by atoms with Crippen molar-refractivity contribution in [2.75, 3.05) is 13.2 Å². The summed E-state index contributed by atoms with van der Waals surface area (Å²) in [4.78, 5) is 34.2. The van der Waals surface area contributed by atoms with Crippen LogP contribution in [0.5, 0.6) is 0 Å². The Labute approximate surface area is 243 Å². The SMILES string of the molecule is NC(=O)c1ccc[n+](COCC(COC[n+]2cccc(C(N)=O)c2)OC[n+]2cccc(C(N)=O)c2)c1.[Cl-].[Cl-].[Cl-]. The smallest absolute Gasteiger partial charge is 0.254 e. The highest BCUT2D eigenvalue weighted by molar-refractivity contribution is 5.92. The number of pyridine rings is 3. The largest absolute Gasteiger partial charge is 1.00 e. The summed E-state index contributed by atoms with van der Waals surface area (Å²) in [7, 11) is 0. The van der Waals surface area contributed by atoms with E-state index in [4.69, 9.17) is 31.4 Å². The molecule has 3 aromatic rings. The number of aromatic nitrogens is 3. The molecule has 0 aliphatic carbocycles. The number of nitrogens with zero attached hydrogens (tertiary/aromatic N) is 3. The Morgan fingerprint density at radius 1 is 0.615 bits per heavy atom. The van der Waals surface area contributed by atoms with Gasteiger partial charge in [0.05, 0.1) is 13.2 Å². The highest BCUT2D eigenvalue weighted by Gasteiger charge is 2.17. The molecule has 6 N–H and O–H groups in total. The maximum atomic E-state index is 11.4. The van der Waals surface area contributed by atoms with Gasteiger partial charge in [-0.15, -0.1) is 0 Å². The third-order valence-electron chi connectivity index (χ3n) is 4.98. The summed E-state index contributed by atoms with van der Waals surface area (Å²) in [6, 6.07) is 9.91. The van der Waals surface area contributed by atoms with Crippen LogP contribution < -0.4 is 68.1 Å². The van der Waals surface area contributed by atoms with E-state index in [-0.39, 0.29) is 70.6 Å². The van der Waals surface area contributed by atoms with E-state index < -0.39 is 23.8 Å². The fraction of sp³-hybridized carbons (Fsp3) is 0.250. The molecule has 0 fully saturated rings. The van der Waals surface area contributed by atoms with Crippen LogP contribution in [-0.4, -0.2) is 37.0 Å². The molecule has 0 saturated heterocycles. The Morgan fingerprint density at radius 3 is 1.28 bits per heavy atom. The fourth-order valence-electron chi connectivity index (χ4n) is 3.16. The average molecular weight is 604 g/mol. The minimum Gasteiger partial charge on any atom is -1.00 e. The first-order valence-corrected chi connectivity index (χ1v) is 11.0. The van der Waals surface area contributed by atoms with Crippen LogP contribution in [0.4, 0.5) is 0 Å². The van der Waals surface area contributed by atoms with Gasteiger partial charge in [-0.1, -0.05) is 0 Å². The van der Waals surface area contributed by atoms with Gasteiger partial charge in [0.15, 0.2) is 37.2 Å². The van der Waals surface area contributed by atoms with E-state index in [1.54, 1.807) is 87.3 Å². The molecular formula is C24H29Cl3N6O6. The number of halogens is 3. The highest BCUT2D eigenvalue weighted by atomic mass is 35.5. The number of rotatable bonds is 14. The normalized spacial score (nSPS) is 10.1. The van der Waals surface area contributed by atoms with Gasteiger partial charge < -0.3 is 68.6 Å². The highest BCUT2D eigenvalue weighted by Crippen LogP contribution is 1.99. The maximum Gasteiger partial charge on any atom is 0.254 e. The van der Waals surface area contributed by atoms with Crippen molar-refractivity contribution in [3.63, 3.8) is 0 Å². The number of hydrogen-bond acceptors (Lipinski definition) is 6. The van der Waals surface area contributed by atoms with E-state index in [0.29, 0.717) is 16.7 Å². The third-order valence-corrected chi connectivity index (χ3v) is 4.98. The number of carbonyl (C=O) groups is 3. The lowest BCUT2D eigenvalue weighted by Crippen LogP contribution is -3.00. The third kappa shape index (κ3) is 11.9. The predicted molar refractivity (Wildman–Crippen MR) is 122 cm³/mol. The van der Waals surface area contributed by atoms with Crippen LogP contribution in [0.25, 0.3) is 0 Å². The van der Waals surface area contributed by atoms with Gasteiger partial charge in [-0.05, 0) is 18.2 Å². The molecule has 3 aromatic heterocycles. The molecule has 3 amide bonds. The van der Waals surface area contributed by atoms with Gasteiger partial charge in [-0.3, -0.25) is 14.4 Å². The monoisotopic (exact) mass is 602 g/mol. The van der Waals surface area contributed by atoms with E-state index in [0.717, 1.165) is 0 Å². The topological polar surface area (TPSA) is 169 Å². The zero-order valence-corrected chi connectivity index (χ0v) is 23.0. The summed E-state index contributed by atoms with van der Waals surface area (Å²) in [5, 5.41) is 0. The molecule has 0 unspecified atom stereocenters. The van der Waals surface area contributed by atoms with Crippen LogP contribution in [0.1, 0.15) is 31.1 Å². The van der Waals surface area contributed by atoms with Gasteiger partial charge in [0, 0.05) is 18.2 Å². The molecule has 0 bridgehead atoms. The molecule has 0 aliphatic heterocycles. The number of primary amides is 3. The molecule has 0 radical (unpaired) electrons. The Bertz CT molecular complexity index is 1170.